The third kappa shape index (κ3) is 4.74. The van der Waals surface area contributed by atoms with E-state index < -0.39 is 0 Å². The second kappa shape index (κ2) is 7.99. The normalized spacial score (nSPS) is 22.6. The van der Waals surface area contributed by atoms with Crippen LogP contribution in [0.4, 0.5) is 0 Å². The van der Waals surface area contributed by atoms with E-state index in [9.17, 15) is 4.79 Å². The van der Waals surface area contributed by atoms with E-state index in [4.69, 9.17) is 5.73 Å². The Hall–Kier alpha value is -0.610. The number of rotatable bonds is 7. The van der Waals surface area contributed by atoms with Crippen molar-refractivity contribution in [3.63, 3.8) is 0 Å². The fourth-order valence-corrected chi connectivity index (χ4v) is 3.26. The van der Waals surface area contributed by atoms with Gasteiger partial charge < -0.3 is 11.1 Å². The van der Waals surface area contributed by atoms with Crippen molar-refractivity contribution >= 4 is 5.91 Å². The molecule has 0 spiro atoms. The average Bonchev–Trinajstić information content (AvgIpc) is 3.26. The van der Waals surface area contributed by atoms with Crippen molar-refractivity contribution in [2.24, 2.45) is 5.73 Å². The van der Waals surface area contributed by atoms with Gasteiger partial charge in [-0.15, -0.1) is 0 Å². The summed E-state index contributed by atoms with van der Waals surface area (Å²) < 4.78 is 0. The van der Waals surface area contributed by atoms with Gasteiger partial charge in [-0.25, -0.2) is 0 Å². The number of nitrogens with two attached hydrogens (primary N) is 1. The van der Waals surface area contributed by atoms with Gasteiger partial charge in [0.25, 0.3) is 0 Å². The Kier molecular flexibility index (Phi) is 6.30. The highest BCUT2D eigenvalue weighted by Gasteiger charge is 2.31. The summed E-state index contributed by atoms with van der Waals surface area (Å²) >= 11 is 0. The monoisotopic (exact) mass is 281 g/mol. The molecule has 2 aliphatic rings. The molecule has 0 bridgehead atoms. The Balaban J connectivity index is 1.93. The van der Waals surface area contributed by atoms with Crippen LogP contribution in [-0.2, 0) is 4.79 Å². The predicted molar refractivity (Wildman–Crippen MR) is 82.5 cm³/mol. The molecular weight excluding hydrogens is 250 g/mol. The molecule has 20 heavy (non-hydrogen) atoms. The van der Waals surface area contributed by atoms with Crippen LogP contribution in [-0.4, -0.2) is 42.0 Å². The molecule has 0 saturated heterocycles. The van der Waals surface area contributed by atoms with Gasteiger partial charge in [0.15, 0.2) is 0 Å². The van der Waals surface area contributed by atoms with Crippen molar-refractivity contribution in [3.8, 4) is 0 Å². The van der Waals surface area contributed by atoms with Crippen LogP contribution >= 0.6 is 0 Å². The van der Waals surface area contributed by atoms with Gasteiger partial charge >= 0.3 is 0 Å². The first-order valence-corrected chi connectivity index (χ1v) is 8.48. The number of carbonyl (C=O) groups is 1. The fourth-order valence-electron chi connectivity index (χ4n) is 3.26. The minimum atomic E-state index is -0.00903. The van der Waals surface area contributed by atoms with Gasteiger partial charge in [0.1, 0.15) is 0 Å². The Labute approximate surface area is 123 Å². The van der Waals surface area contributed by atoms with Crippen molar-refractivity contribution in [1.82, 2.24) is 10.2 Å². The Morgan fingerprint density at radius 3 is 2.40 bits per heavy atom. The van der Waals surface area contributed by atoms with Crippen LogP contribution in [0, 0.1) is 0 Å². The standard InChI is InChI=1S/C16H31N3O/c1-13(16(20)18-14-9-10-14)19(12-6-11-17)15-7-4-2-3-5-8-15/h13-15H,2-12,17H2,1H3,(H,18,20). The molecule has 116 valence electrons. The highest BCUT2D eigenvalue weighted by atomic mass is 16.2. The third-order valence-electron chi connectivity index (χ3n) is 4.71. The van der Waals surface area contributed by atoms with Crippen LogP contribution < -0.4 is 11.1 Å². The molecule has 0 aromatic rings. The summed E-state index contributed by atoms with van der Waals surface area (Å²) in [6, 6.07) is 1.02. The zero-order chi connectivity index (χ0) is 14.4. The van der Waals surface area contributed by atoms with Gasteiger partial charge in [-0.05, 0) is 45.6 Å². The molecule has 2 rings (SSSR count). The van der Waals surface area contributed by atoms with Crippen molar-refractivity contribution in [2.45, 2.75) is 82.8 Å². The van der Waals surface area contributed by atoms with Crippen LogP contribution in [0.15, 0.2) is 0 Å². The van der Waals surface area contributed by atoms with E-state index in [2.05, 4.69) is 17.1 Å². The van der Waals surface area contributed by atoms with Gasteiger partial charge in [-0.1, -0.05) is 25.7 Å². The minimum absolute atomic E-state index is 0.00903. The van der Waals surface area contributed by atoms with Gasteiger partial charge in [0.2, 0.25) is 5.91 Å². The summed E-state index contributed by atoms with van der Waals surface area (Å²) in [6.07, 6.45) is 11.1. The number of hydrogen-bond acceptors (Lipinski definition) is 3. The largest absolute Gasteiger partial charge is 0.352 e. The lowest BCUT2D eigenvalue weighted by Gasteiger charge is -2.35. The number of nitrogens with zero attached hydrogens (tertiary/aromatic N) is 1. The zero-order valence-corrected chi connectivity index (χ0v) is 12.9. The third-order valence-corrected chi connectivity index (χ3v) is 4.71. The number of hydrogen-bond donors (Lipinski definition) is 2. The Bertz CT molecular complexity index is 296. The van der Waals surface area contributed by atoms with Crippen LogP contribution in [0.25, 0.3) is 0 Å². The van der Waals surface area contributed by atoms with Crippen molar-refractivity contribution < 1.29 is 4.79 Å². The first kappa shape index (κ1) is 15.8. The lowest BCUT2D eigenvalue weighted by Crippen LogP contribution is -2.50. The fraction of sp³-hybridized carbons (Fsp3) is 0.938. The second-order valence-corrected chi connectivity index (χ2v) is 6.48. The molecule has 2 saturated carbocycles. The molecule has 0 heterocycles. The van der Waals surface area contributed by atoms with Crippen molar-refractivity contribution in [2.75, 3.05) is 13.1 Å². The SMILES string of the molecule is CC(C(=O)NC1CC1)N(CCCN)C1CCCCCC1. The highest BCUT2D eigenvalue weighted by molar-refractivity contribution is 5.81. The predicted octanol–water partition coefficient (Wildman–Crippen LogP) is 2.03. The van der Waals surface area contributed by atoms with Crippen LogP contribution in [0.1, 0.15) is 64.7 Å². The number of amides is 1. The maximum absolute atomic E-state index is 12.3. The summed E-state index contributed by atoms with van der Waals surface area (Å²) in [6.45, 7) is 3.74. The number of nitrogens with one attached hydrogen (secondary N) is 1. The van der Waals surface area contributed by atoms with Crippen molar-refractivity contribution in [3.05, 3.63) is 0 Å². The Morgan fingerprint density at radius 2 is 1.85 bits per heavy atom. The first-order chi connectivity index (χ1) is 9.72. The molecule has 2 aliphatic carbocycles. The maximum atomic E-state index is 12.3. The smallest absolute Gasteiger partial charge is 0.237 e. The minimum Gasteiger partial charge on any atom is -0.352 e. The molecule has 4 nitrogen and oxygen atoms in total. The van der Waals surface area contributed by atoms with E-state index in [-0.39, 0.29) is 11.9 Å². The summed E-state index contributed by atoms with van der Waals surface area (Å²) in [5.41, 5.74) is 5.68. The molecule has 4 heteroatoms. The van der Waals surface area contributed by atoms with Gasteiger partial charge in [0.05, 0.1) is 6.04 Å². The lowest BCUT2D eigenvalue weighted by molar-refractivity contribution is -0.127. The summed E-state index contributed by atoms with van der Waals surface area (Å²) in [5, 5.41) is 3.15. The maximum Gasteiger partial charge on any atom is 0.237 e. The molecule has 0 aromatic carbocycles. The molecule has 1 unspecified atom stereocenters. The van der Waals surface area contributed by atoms with Gasteiger partial charge in [0, 0.05) is 18.6 Å². The van der Waals surface area contributed by atoms with Gasteiger partial charge in [-0.3, -0.25) is 9.69 Å². The quantitative estimate of drug-likeness (QED) is 0.702. The Morgan fingerprint density at radius 1 is 1.20 bits per heavy atom. The van der Waals surface area contributed by atoms with E-state index in [1.54, 1.807) is 0 Å². The molecule has 1 atom stereocenters. The topological polar surface area (TPSA) is 58.4 Å². The first-order valence-electron chi connectivity index (χ1n) is 8.48. The highest BCUT2D eigenvalue weighted by Crippen LogP contribution is 2.24. The zero-order valence-electron chi connectivity index (χ0n) is 12.9. The van der Waals surface area contributed by atoms with Gasteiger partial charge in [-0.2, -0.15) is 0 Å². The van der Waals surface area contributed by atoms with Crippen LogP contribution in [0.5, 0.6) is 0 Å². The molecule has 1 amide bonds. The average molecular weight is 281 g/mol. The van der Waals surface area contributed by atoms with Crippen LogP contribution in [0.2, 0.25) is 0 Å². The van der Waals surface area contributed by atoms with E-state index >= 15 is 0 Å². The van der Waals surface area contributed by atoms with Crippen LogP contribution in [0.3, 0.4) is 0 Å². The molecule has 3 N–H and O–H groups in total. The van der Waals surface area contributed by atoms with E-state index in [0.29, 0.717) is 18.6 Å². The van der Waals surface area contributed by atoms with E-state index in [1.165, 1.54) is 38.5 Å². The second-order valence-electron chi connectivity index (χ2n) is 6.48. The number of carbonyl (C=O) groups excluding carboxylic acids is 1. The molecule has 0 aromatic heterocycles. The summed E-state index contributed by atoms with van der Waals surface area (Å²) in [5.74, 6) is 0.216. The molecule has 2 fully saturated rings. The summed E-state index contributed by atoms with van der Waals surface area (Å²) in [4.78, 5) is 14.8. The molecule has 0 aliphatic heterocycles. The lowest BCUT2D eigenvalue weighted by atomic mass is 10.0. The van der Waals surface area contributed by atoms with E-state index in [0.717, 1.165) is 25.8 Å². The molecule has 0 radical (unpaired) electrons. The molecular formula is C16H31N3O. The summed E-state index contributed by atoms with van der Waals surface area (Å²) in [7, 11) is 0. The van der Waals surface area contributed by atoms with Crippen molar-refractivity contribution in [1.29, 1.82) is 0 Å². The van der Waals surface area contributed by atoms with E-state index in [1.807, 2.05) is 0 Å².